The number of fused-ring (bicyclic) bond motifs is 1. The molecule has 36 heavy (non-hydrogen) atoms. The summed E-state index contributed by atoms with van der Waals surface area (Å²) in [6.45, 7) is 5.77. The Morgan fingerprint density at radius 2 is 1.72 bits per heavy atom. The van der Waals surface area contributed by atoms with Crippen LogP contribution in [0.3, 0.4) is 0 Å². The van der Waals surface area contributed by atoms with Gasteiger partial charge in [0.25, 0.3) is 5.91 Å². The zero-order valence-corrected chi connectivity index (χ0v) is 20.3. The SMILES string of the molecule is CC(=O)c1ccc(N2CCN(C(=O)c3ccc(OCc4cn5cccc(C)c5n4)cc3)CC2)c(F)c1. The number of piperazine rings is 1. The van der Waals surface area contributed by atoms with E-state index in [9.17, 15) is 14.0 Å². The molecule has 1 saturated heterocycles. The number of hydrogen-bond acceptors (Lipinski definition) is 5. The first-order chi connectivity index (χ1) is 17.4. The van der Waals surface area contributed by atoms with Gasteiger partial charge in [-0.2, -0.15) is 0 Å². The van der Waals surface area contributed by atoms with E-state index in [0.29, 0.717) is 55.3 Å². The molecular formula is C28H27FN4O3. The Hall–Kier alpha value is -4.20. The average Bonchev–Trinajstić information content (AvgIpc) is 3.32. The molecule has 0 radical (unpaired) electrons. The van der Waals surface area contributed by atoms with Gasteiger partial charge in [-0.15, -0.1) is 0 Å². The maximum absolute atomic E-state index is 14.5. The van der Waals surface area contributed by atoms with Crippen LogP contribution in [0.15, 0.2) is 67.0 Å². The Bertz CT molecular complexity index is 1420. The first kappa shape index (κ1) is 23.5. The molecule has 1 aliphatic heterocycles. The number of aryl methyl sites for hydroxylation is 1. The van der Waals surface area contributed by atoms with Crippen LogP contribution in [0.2, 0.25) is 0 Å². The van der Waals surface area contributed by atoms with Crippen molar-refractivity contribution in [1.82, 2.24) is 14.3 Å². The smallest absolute Gasteiger partial charge is 0.253 e. The zero-order chi connectivity index (χ0) is 25.2. The van der Waals surface area contributed by atoms with Crippen molar-refractivity contribution < 1.29 is 18.7 Å². The zero-order valence-electron chi connectivity index (χ0n) is 20.3. The van der Waals surface area contributed by atoms with Gasteiger partial charge in [-0.25, -0.2) is 9.37 Å². The molecular weight excluding hydrogens is 459 g/mol. The van der Waals surface area contributed by atoms with E-state index in [1.165, 1.54) is 13.0 Å². The number of ether oxygens (including phenoxy) is 1. The van der Waals surface area contributed by atoms with E-state index in [-0.39, 0.29) is 11.7 Å². The number of hydrogen-bond donors (Lipinski definition) is 0. The van der Waals surface area contributed by atoms with Crippen LogP contribution in [0, 0.1) is 12.7 Å². The van der Waals surface area contributed by atoms with Gasteiger partial charge < -0.3 is 18.9 Å². The van der Waals surface area contributed by atoms with Gasteiger partial charge in [0, 0.05) is 49.7 Å². The lowest BCUT2D eigenvalue weighted by Crippen LogP contribution is -2.49. The van der Waals surface area contributed by atoms with Crippen molar-refractivity contribution in [1.29, 1.82) is 0 Å². The normalized spacial score (nSPS) is 13.8. The predicted molar refractivity (Wildman–Crippen MR) is 135 cm³/mol. The van der Waals surface area contributed by atoms with Crippen LogP contribution < -0.4 is 9.64 Å². The van der Waals surface area contributed by atoms with E-state index in [0.717, 1.165) is 16.9 Å². The molecule has 184 valence electrons. The largest absolute Gasteiger partial charge is 0.487 e. The maximum atomic E-state index is 14.5. The molecule has 4 aromatic rings. The highest BCUT2D eigenvalue weighted by atomic mass is 19.1. The number of benzene rings is 2. The van der Waals surface area contributed by atoms with E-state index < -0.39 is 5.82 Å². The van der Waals surface area contributed by atoms with Crippen LogP contribution >= 0.6 is 0 Å². The van der Waals surface area contributed by atoms with Crippen molar-refractivity contribution in [3.8, 4) is 5.75 Å². The van der Waals surface area contributed by atoms with Crippen molar-refractivity contribution in [2.24, 2.45) is 0 Å². The van der Waals surface area contributed by atoms with E-state index in [4.69, 9.17) is 4.74 Å². The number of halogens is 1. The summed E-state index contributed by atoms with van der Waals surface area (Å²) in [5.41, 5.74) is 4.22. The minimum absolute atomic E-state index is 0.0653. The number of rotatable bonds is 6. The highest BCUT2D eigenvalue weighted by Crippen LogP contribution is 2.23. The standard InChI is InChI=1S/C28H27FN4O3/c1-19-4-3-11-33-17-23(30-27(19)33)18-36-24-8-5-21(6-9-24)28(35)32-14-12-31(13-15-32)26-10-7-22(20(2)34)16-25(26)29/h3-11,16-17H,12-15,18H2,1-2H3. The molecule has 3 heterocycles. The lowest BCUT2D eigenvalue weighted by molar-refractivity contribution is 0.0746. The van der Waals surface area contributed by atoms with Crippen molar-refractivity contribution in [2.75, 3.05) is 31.1 Å². The summed E-state index contributed by atoms with van der Waals surface area (Å²) in [4.78, 5) is 32.8. The predicted octanol–water partition coefficient (Wildman–Crippen LogP) is 4.53. The van der Waals surface area contributed by atoms with Crippen LogP contribution in [0.5, 0.6) is 5.75 Å². The number of amides is 1. The van der Waals surface area contributed by atoms with Crippen molar-refractivity contribution >= 4 is 23.0 Å². The third-order valence-electron chi connectivity index (χ3n) is 6.48. The molecule has 0 N–H and O–H groups in total. The minimum atomic E-state index is -0.420. The summed E-state index contributed by atoms with van der Waals surface area (Å²) in [7, 11) is 0. The minimum Gasteiger partial charge on any atom is -0.487 e. The number of Topliss-reactive ketones (excluding diaryl/α,β-unsaturated/α-hetero) is 1. The lowest BCUT2D eigenvalue weighted by atomic mass is 10.1. The summed E-state index contributed by atoms with van der Waals surface area (Å²) >= 11 is 0. The number of carbonyl (C=O) groups excluding carboxylic acids is 2. The molecule has 2 aromatic heterocycles. The molecule has 1 fully saturated rings. The molecule has 0 spiro atoms. The summed E-state index contributed by atoms with van der Waals surface area (Å²) in [6.07, 6.45) is 3.91. The molecule has 0 atom stereocenters. The third kappa shape index (κ3) is 4.79. The number of nitrogens with zero attached hydrogens (tertiary/aromatic N) is 4. The quantitative estimate of drug-likeness (QED) is 0.375. The second kappa shape index (κ2) is 9.81. The van der Waals surface area contributed by atoms with Gasteiger partial charge in [0.2, 0.25) is 0 Å². The summed E-state index contributed by atoms with van der Waals surface area (Å²) < 4.78 is 22.4. The molecule has 0 unspecified atom stereocenters. The number of imidazole rings is 1. The Balaban J connectivity index is 1.16. The van der Waals surface area contributed by atoms with Crippen molar-refractivity contribution in [3.63, 3.8) is 0 Å². The molecule has 7 nitrogen and oxygen atoms in total. The summed E-state index contributed by atoms with van der Waals surface area (Å²) in [6, 6.07) is 15.6. The number of carbonyl (C=O) groups is 2. The number of anilines is 1. The number of aromatic nitrogens is 2. The Kier molecular flexibility index (Phi) is 6.41. The summed E-state index contributed by atoms with van der Waals surface area (Å²) in [5.74, 6) is 0.00784. The summed E-state index contributed by atoms with van der Waals surface area (Å²) in [5, 5.41) is 0. The van der Waals surface area contributed by atoms with Crippen LogP contribution in [0.25, 0.3) is 5.65 Å². The molecule has 1 aliphatic rings. The Labute approximate surface area is 208 Å². The Morgan fingerprint density at radius 3 is 2.39 bits per heavy atom. The fourth-order valence-corrected chi connectivity index (χ4v) is 4.44. The average molecular weight is 487 g/mol. The van der Waals surface area contributed by atoms with E-state index in [2.05, 4.69) is 4.98 Å². The number of pyridine rings is 1. The molecule has 0 saturated carbocycles. The van der Waals surface area contributed by atoms with Crippen LogP contribution in [0.4, 0.5) is 10.1 Å². The van der Waals surface area contributed by atoms with Gasteiger partial charge >= 0.3 is 0 Å². The first-order valence-electron chi connectivity index (χ1n) is 11.9. The lowest BCUT2D eigenvalue weighted by Gasteiger charge is -2.36. The van der Waals surface area contributed by atoms with E-state index >= 15 is 0 Å². The Morgan fingerprint density at radius 1 is 1.00 bits per heavy atom. The molecule has 0 aliphatic carbocycles. The van der Waals surface area contributed by atoms with Crippen molar-refractivity contribution in [2.45, 2.75) is 20.5 Å². The molecule has 0 bridgehead atoms. The fourth-order valence-electron chi connectivity index (χ4n) is 4.44. The van der Waals surface area contributed by atoms with Crippen LogP contribution in [-0.4, -0.2) is 52.2 Å². The molecule has 5 rings (SSSR count). The fraction of sp³-hybridized carbons (Fsp3) is 0.250. The monoisotopic (exact) mass is 486 g/mol. The second-order valence-corrected chi connectivity index (χ2v) is 8.97. The first-order valence-corrected chi connectivity index (χ1v) is 11.9. The molecule has 8 heteroatoms. The van der Waals surface area contributed by atoms with Gasteiger partial charge in [0.1, 0.15) is 23.8 Å². The maximum Gasteiger partial charge on any atom is 0.253 e. The van der Waals surface area contributed by atoms with Crippen LogP contribution in [-0.2, 0) is 6.61 Å². The van der Waals surface area contributed by atoms with E-state index in [1.54, 1.807) is 41.3 Å². The third-order valence-corrected chi connectivity index (χ3v) is 6.48. The highest BCUT2D eigenvalue weighted by Gasteiger charge is 2.24. The van der Waals surface area contributed by atoms with Gasteiger partial charge in [-0.1, -0.05) is 6.07 Å². The van der Waals surface area contributed by atoms with E-state index in [1.807, 2.05) is 40.8 Å². The molecule has 1 amide bonds. The highest BCUT2D eigenvalue weighted by molar-refractivity contribution is 5.95. The molecule has 2 aromatic carbocycles. The second-order valence-electron chi connectivity index (χ2n) is 8.97. The van der Waals surface area contributed by atoms with Crippen molar-refractivity contribution in [3.05, 3.63) is 95.2 Å². The topological polar surface area (TPSA) is 67.2 Å². The number of ketones is 1. The van der Waals surface area contributed by atoms with Gasteiger partial charge in [0.15, 0.2) is 5.78 Å². The van der Waals surface area contributed by atoms with Gasteiger partial charge in [-0.3, -0.25) is 9.59 Å². The van der Waals surface area contributed by atoms with Gasteiger partial charge in [0.05, 0.1) is 11.4 Å². The van der Waals surface area contributed by atoms with Crippen LogP contribution in [0.1, 0.15) is 38.9 Å². The van der Waals surface area contributed by atoms with Gasteiger partial charge in [-0.05, 0) is 67.9 Å².